The van der Waals surface area contributed by atoms with Crippen LogP contribution < -0.4 is 11.1 Å². The van der Waals surface area contributed by atoms with Gasteiger partial charge in [-0.15, -0.1) is 0 Å². The Bertz CT molecular complexity index is 489. The molecular weight excluding hydrogens is 292 g/mol. The molecule has 18 heavy (non-hydrogen) atoms. The van der Waals surface area contributed by atoms with E-state index in [9.17, 15) is 4.79 Å². The van der Waals surface area contributed by atoms with E-state index in [1.54, 1.807) is 0 Å². The number of carbonyl (C=O) groups excluding carboxylic acids is 1. The quantitative estimate of drug-likeness (QED) is 0.823. The van der Waals surface area contributed by atoms with Crippen LogP contribution in [0.5, 0.6) is 0 Å². The molecule has 3 nitrogen and oxygen atoms in total. The number of nitrogens with two attached hydrogens (primary N) is 1. The second-order valence-electron chi connectivity index (χ2n) is 5.50. The molecule has 4 heteroatoms. The Kier molecular flexibility index (Phi) is 3.06. The van der Waals surface area contributed by atoms with Gasteiger partial charge in [0.2, 0.25) is 5.91 Å². The molecule has 2 bridgehead atoms. The molecule has 0 saturated heterocycles. The van der Waals surface area contributed by atoms with E-state index < -0.39 is 0 Å². The third kappa shape index (κ3) is 2.14. The van der Waals surface area contributed by atoms with Gasteiger partial charge in [-0.25, -0.2) is 0 Å². The lowest BCUT2D eigenvalue weighted by Gasteiger charge is -2.21. The van der Waals surface area contributed by atoms with Crippen molar-refractivity contribution in [3.8, 4) is 0 Å². The average Bonchev–Trinajstić information content (AvgIpc) is 2.94. The highest BCUT2D eigenvalue weighted by Gasteiger charge is 2.43. The highest BCUT2D eigenvalue weighted by molar-refractivity contribution is 9.10. The molecule has 2 aliphatic rings. The van der Waals surface area contributed by atoms with Crippen molar-refractivity contribution in [1.82, 2.24) is 0 Å². The van der Waals surface area contributed by atoms with Crippen LogP contribution in [0, 0.1) is 17.8 Å². The van der Waals surface area contributed by atoms with Gasteiger partial charge in [0.05, 0.1) is 11.4 Å². The van der Waals surface area contributed by atoms with Crippen LogP contribution in [0.4, 0.5) is 11.4 Å². The fourth-order valence-electron chi connectivity index (χ4n) is 3.44. The van der Waals surface area contributed by atoms with Gasteiger partial charge in [0.25, 0.3) is 0 Å². The number of nitrogens with one attached hydrogen (secondary N) is 1. The van der Waals surface area contributed by atoms with Crippen LogP contribution in [0.15, 0.2) is 22.7 Å². The van der Waals surface area contributed by atoms with Gasteiger partial charge in [0.15, 0.2) is 0 Å². The van der Waals surface area contributed by atoms with E-state index in [0.717, 1.165) is 22.5 Å². The van der Waals surface area contributed by atoms with E-state index in [-0.39, 0.29) is 11.8 Å². The summed E-state index contributed by atoms with van der Waals surface area (Å²) in [5.41, 5.74) is 7.24. The Hall–Kier alpha value is -1.03. The van der Waals surface area contributed by atoms with E-state index >= 15 is 0 Å². The third-order valence-corrected chi connectivity index (χ3v) is 4.84. The smallest absolute Gasteiger partial charge is 0.227 e. The van der Waals surface area contributed by atoms with Gasteiger partial charge in [-0.3, -0.25) is 4.79 Å². The van der Waals surface area contributed by atoms with Gasteiger partial charge in [0.1, 0.15) is 0 Å². The molecule has 2 aliphatic carbocycles. The second kappa shape index (κ2) is 4.57. The fraction of sp³-hybridized carbons (Fsp3) is 0.500. The predicted molar refractivity (Wildman–Crippen MR) is 76.1 cm³/mol. The van der Waals surface area contributed by atoms with Gasteiger partial charge >= 0.3 is 0 Å². The molecular formula is C14H17BrN2O. The Morgan fingerprint density at radius 2 is 2.17 bits per heavy atom. The normalized spacial score (nSPS) is 29.5. The van der Waals surface area contributed by atoms with E-state index in [0.29, 0.717) is 11.6 Å². The number of carbonyl (C=O) groups is 1. The van der Waals surface area contributed by atoms with Crippen molar-refractivity contribution >= 4 is 33.2 Å². The van der Waals surface area contributed by atoms with Crippen LogP contribution in [0.3, 0.4) is 0 Å². The van der Waals surface area contributed by atoms with Gasteiger partial charge in [-0.1, -0.05) is 22.4 Å². The summed E-state index contributed by atoms with van der Waals surface area (Å²) >= 11 is 3.36. The zero-order chi connectivity index (χ0) is 12.7. The highest BCUT2D eigenvalue weighted by Crippen LogP contribution is 2.48. The van der Waals surface area contributed by atoms with Crippen LogP contribution in [0.2, 0.25) is 0 Å². The van der Waals surface area contributed by atoms with Crippen molar-refractivity contribution in [2.24, 2.45) is 17.8 Å². The van der Waals surface area contributed by atoms with Crippen molar-refractivity contribution in [2.45, 2.75) is 25.7 Å². The Balaban J connectivity index is 1.71. The number of fused-ring (bicyclic) bond motifs is 2. The molecule has 0 heterocycles. The Labute approximate surface area is 115 Å². The number of nitrogen functional groups attached to an aromatic ring is 1. The lowest BCUT2D eigenvalue weighted by atomic mass is 9.88. The summed E-state index contributed by atoms with van der Waals surface area (Å²) in [5, 5.41) is 2.98. The standard InChI is InChI=1S/C14H17BrN2O/c15-10-3-4-13(12(16)7-10)17-14(18)11-6-8-1-2-9(11)5-8/h3-4,7-9,11H,1-2,5-6,16H2,(H,17,18). The Morgan fingerprint density at radius 1 is 1.33 bits per heavy atom. The molecule has 2 fully saturated rings. The number of hydrogen-bond donors (Lipinski definition) is 2. The van der Waals surface area contributed by atoms with Crippen molar-refractivity contribution in [3.63, 3.8) is 0 Å². The SMILES string of the molecule is Nc1cc(Br)ccc1NC(=O)C1CC2CCC1C2. The number of benzene rings is 1. The van der Waals surface area contributed by atoms with Crippen molar-refractivity contribution in [3.05, 3.63) is 22.7 Å². The summed E-state index contributed by atoms with van der Waals surface area (Å²) in [6.07, 6.45) is 4.84. The minimum atomic E-state index is 0.149. The maximum absolute atomic E-state index is 12.3. The molecule has 3 N–H and O–H groups in total. The largest absolute Gasteiger partial charge is 0.397 e. The number of amides is 1. The monoisotopic (exact) mass is 308 g/mol. The molecule has 0 radical (unpaired) electrons. The van der Waals surface area contributed by atoms with Crippen LogP contribution in [0.25, 0.3) is 0 Å². The summed E-state index contributed by atoms with van der Waals surface area (Å²) in [6, 6.07) is 5.56. The number of anilines is 2. The molecule has 1 aromatic rings. The highest BCUT2D eigenvalue weighted by atomic mass is 79.9. The minimum absolute atomic E-state index is 0.149. The first-order valence-corrected chi connectivity index (χ1v) is 7.28. The molecule has 3 rings (SSSR count). The average molecular weight is 309 g/mol. The lowest BCUT2D eigenvalue weighted by Crippen LogP contribution is -2.27. The van der Waals surface area contributed by atoms with E-state index in [1.807, 2.05) is 18.2 Å². The zero-order valence-electron chi connectivity index (χ0n) is 10.2. The van der Waals surface area contributed by atoms with Crippen LogP contribution >= 0.6 is 15.9 Å². The molecule has 0 aliphatic heterocycles. The molecule has 0 spiro atoms. The lowest BCUT2D eigenvalue weighted by molar-refractivity contribution is -0.121. The third-order valence-electron chi connectivity index (χ3n) is 4.35. The summed E-state index contributed by atoms with van der Waals surface area (Å²) in [6.45, 7) is 0. The summed E-state index contributed by atoms with van der Waals surface area (Å²) < 4.78 is 0.929. The maximum atomic E-state index is 12.3. The molecule has 0 aromatic heterocycles. The number of rotatable bonds is 2. The first-order valence-electron chi connectivity index (χ1n) is 6.49. The van der Waals surface area contributed by atoms with Gasteiger partial charge < -0.3 is 11.1 Å². The summed E-state index contributed by atoms with van der Waals surface area (Å²) in [4.78, 5) is 12.3. The molecule has 2 saturated carbocycles. The van der Waals surface area contributed by atoms with Crippen molar-refractivity contribution < 1.29 is 4.79 Å². The van der Waals surface area contributed by atoms with E-state index in [2.05, 4.69) is 21.2 Å². The predicted octanol–water partition coefficient (Wildman–Crippen LogP) is 3.41. The molecule has 96 valence electrons. The summed E-state index contributed by atoms with van der Waals surface area (Å²) in [7, 11) is 0. The molecule has 3 atom stereocenters. The molecule has 3 unspecified atom stereocenters. The van der Waals surface area contributed by atoms with Gasteiger partial charge in [-0.2, -0.15) is 0 Å². The van der Waals surface area contributed by atoms with E-state index in [1.165, 1.54) is 19.3 Å². The number of hydrogen-bond acceptors (Lipinski definition) is 2. The fourth-order valence-corrected chi connectivity index (χ4v) is 3.82. The van der Waals surface area contributed by atoms with Crippen molar-refractivity contribution in [1.29, 1.82) is 0 Å². The second-order valence-corrected chi connectivity index (χ2v) is 6.42. The van der Waals surface area contributed by atoms with E-state index in [4.69, 9.17) is 5.73 Å². The summed E-state index contributed by atoms with van der Waals surface area (Å²) in [5.74, 6) is 1.74. The van der Waals surface area contributed by atoms with Gasteiger partial charge in [-0.05, 0) is 49.3 Å². The maximum Gasteiger partial charge on any atom is 0.227 e. The molecule has 1 amide bonds. The van der Waals surface area contributed by atoms with Gasteiger partial charge in [0, 0.05) is 10.4 Å². The first kappa shape index (κ1) is 12.0. The Morgan fingerprint density at radius 3 is 2.78 bits per heavy atom. The minimum Gasteiger partial charge on any atom is -0.397 e. The molecule has 1 aromatic carbocycles. The number of halogens is 1. The zero-order valence-corrected chi connectivity index (χ0v) is 11.7. The first-order chi connectivity index (χ1) is 8.63. The van der Waals surface area contributed by atoms with Crippen LogP contribution in [-0.4, -0.2) is 5.91 Å². The van der Waals surface area contributed by atoms with Crippen LogP contribution in [-0.2, 0) is 4.79 Å². The van der Waals surface area contributed by atoms with Crippen molar-refractivity contribution in [2.75, 3.05) is 11.1 Å². The topological polar surface area (TPSA) is 55.1 Å². The van der Waals surface area contributed by atoms with Crippen LogP contribution in [0.1, 0.15) is 25.7 Å².